The van der Waals surface area contributed by atoms with Crippen LogP contribution in [0, 0.1) is 5.92 Å². The number of hydrogen-bond acceptors (Lipinski definition) is 7. The van der Waals surface area contributed by atoms with Crippen LogP contribution in [0.5, 0.6) is 11.5 Å². The molecule has 2 aliphatic heterocycles. The number of carbonyl (C=O) groups excluding carboxylic acids is 1. The minimum Gasteiger partial charge on any atom is -0.504 e. The Morgan fingerprint density at radius 2 is 1.92 bits per heavy atom. The highest BCUT2D eigenvalue weighted by molar-refractivity contribution is 5.90. The Kier molecular flexibility index (Phi) is 5.06. The number of hydrogen-bond donors (Lipinski definition) is 3. The molecule has 36 heavy (non-hydrogen) atoms. The van der Waals surface area contributed by atoms with Crippen molar-refractivity contribution in [2.45, 2.75) is 73.9 Å². The van der Waals surface area contributed by atoms with Gasteiger partial charge in [0.05, 0.1) is 17.6 Å². The zero-order chi connectivity index (χ0) is 24.7. The Morgan fingerprint density at radius 1 is 1.11 bits per heavy atom. The van der Waals surface area contributed by atoms with E-state index in [1.165, 1.54) is 12.8 Å². The summed E-state index contributed by atoms with van der Waals surface area (Å²) in [6.45, 7) is 1.82. The predicted octanol–water partition coefficient (Wildman–Crippen LogP) is 2.64. The molecule has 2 aromatic carbocycles. The molecule has 7 rings (SSSR count). The number of likely N-dealkylation sites (tertiary alicyclic amines) is 1. The summed E-state index contributed by atoms with van der Waals surface area (Å²) in [6, 6.07) is 12.8. The molecule has 6 atom stereocenters. The fourth-order valence-electron chi connectivity index (χ4n) is 7.73. The Labute approximate surface area is 210 Å². The van der Waals surface area contributed by atoms with Crippen molar-refractivity contribution in [3.63, 3.8) is 0 Å². The summed E-state index contributed by atoms with van der Waals surface area (Å²) >= 11 is 0. The molecule has 2 saturated carbocycles. The number of phenols is 1. The molecule has 2 heterocycles. The second kappa shape index (κ2) is 8.02. The number of aliphatic hydroxyl groups excluding tert-OH is 2. The molecule has 2 bridgehead atoms. The molecule has 2 aromatic rings. The SMILES string of the molecule is O=C1CCC2(OCC(O)C(O)c3ccccc3)[C@H]3Cc4ccc(O)c5c4[C@@]2(CCN3CC2CC2)[C@H]1O5. The average molecular weight is 492 g/mol. The lowest BCUT2D eigenvalue weighted by molar-refractivity contribution is -0.226. The largest absolute Gasteiger partial charge is 0.504 e. The fourth-order valence-corrected chi connectivity index (χ4v) is 7.73. The smallest absolute Gasteiger partial charge is 0.174 e. The van der Waals surface area contributed by atoms with E-state index < -0.39 is 29.3 Å². The number of ketones is 1. The molecular weight excluding hydrogens is 458 g/mol. The number of ether oxygens (including phenoxy) is 2. The number of carbonyl (C=O) groups is 1. The van der Waals surface area contributed by atoms with E-state index in [9.17, 15) is 20.1 Å². The average Bonchev–Trinajstić information content (AvgIpc) is 3.64. The molecule has 190 valence electrons. The van der Waals surface area contributed by atoms with E-state index in [1.54, 1.807) is 18.2 Å². The molecule has 7 heteroatoms. The van der Waals surface area contributed by atoms with Crippen LogP contribution in [0.1, 0.15) is 54.9 Å². The lowest BCUT2D eigenvalue weighted by Gasteiger charge is -2.64. The molecule has 0 aromatic heterocycles. The standard InChI is InChI=1S/C29H33NO6/c31-20-9-8-19-14-23-29(35-16-22(33)25(34)18-4-2-1-3-5-18)11-10-21(32)27-28(29,24(19)26(20)36-27)12-13-30(23)15-17-6-7-17/h1-5,8-9,17,22-23,25,27,31,33-34H,6-7,10-16H2/t22?,23-,25?,27+,28+,29?/m1/s1. The van der Waals surface area contributed by atoms with Gasteiger partial charge in [0.1, 0.15) is 12.2 Å². The second-order valence-electron chi connectivity index (χ2n) is 11.4. The maximum absolute atomic E-state index is 13.3. The number of aromatic hydroxyl groups is 1. The Hall–Kier alpha value is -2.45. The summed E-state index contributed by atoms with van der Waals surface area (Å²) < 4.78 is 13.1. The minimum absolute atomic E-state index is 0.0371. The first-order valence-corrected chi connectivity index (χ1v) is 13.3. The van der Waals surface area contributed by atoms with Crippen LogP contribution in [-0.4, -0.2) is 69.5 Å². The van der Waals surface area contributed by atoms with E-state index in [0.717, 1.165) is 30.6 Å². The molecule has 3 fully saturated rings. The highest BCUT2D eigenvalue weighted by Gasteiger charge is 2.74. The van der Waals surface area contributed by atoms with Gasteiger partial charge in [-0.1, -0.05) is 36.4 Å². The van der Waals surface area contributed by atoms with Gasteiger partial charge in [0.25, 0.3) is 0 Å². The third kappa shape index (κ3) is 3.03. The summed E-state index contributed by atoms with van der Waals surface area (Å²) in [7, 11) is 0. The van der Waals surface area contributed by atoms with Gasteiger partial charge in [0.15, 0.2) is 23.4 Å². The Morgan fingerprint density at radius 3 is 2.69 bits per heavy atom. The fraction of sp³-hybridized carbons (Fsp3) is 0.552. The lowest BCUT2D eigenvalue weighted by Crippen LogP contribution is -2.77. The number of benzene rings is 2. The molecule has 0 radical (unpaired) electrons. The van der Waals surface area contributed by atoms with Crippen molar-refractivity contribution in [1.82, 2.24) is 4.90 Å². The van der Waals surface area contributed by atoms with Crippen LogP contribution < -0.4 is 4.74 Å². The highest BCUT2D eigenvalue weighted by Crippen LogP contribution is 2.66. The Bertz CT molecular complexity index is 1200. The van der Waals surface area contributed by atoms with Crippen LogP contribution in [0.4, 0.5) is 0 Å². The molecule has 3 unspecified atom stereocenters. The number of rotatable bonds is 7. The number of piperidine rings is 1. The Balaban J connectivity index is 1.30. The molecular formula is C29H33NO6. The van der Waals surface area contributed by atoms with Crippen molar-refractivity contribution < 1.29 is 29.6 Å². The predicted molar refractivity (Wildman–Crippen MR) is 131 cm³/mol. The first-order chi connectivity index (χ1) is 17.4. The normalized spacial score (nSPS) is 34.1. The molecule has 1 saturated heterocycles. The second-order valence-corrected chi connectivity index (χ2v) is 11.4. The van der Waals surface area contributed by atoms with E-state index in [-0.39, 0.29) is 24.2 Å². The van der Waals surface area contributed by atoms with Gasteiger partial charge in [-0.2, -0.15) is 0 Å². The van der Waals surface area contributed by atoms with Crippen molar-refractivity contribution in [1.29, 1.82) is 0 Å². The molecule has 7 nitrogen and oxygen atoms in total. The van der Waals surface area contributed by atoms with Gasteiger partial charge in [0.2, 0.25) is 0 Å². The van der Waals surface area contributed by atoms with Crippen LogP contribution in [0.15, 0.2) is 42.5 Å². The van der Waals surface area contributed by atoms with Gasteiger partial charge in [-0.05, 0) is 61.8 Å². The summed E-state index contributed by atoms with van der Waals surface area (Å²) in [6.07, 6.45) is 1.95. The molecule has 5 aliphatic rings. The van der Waals surface area contributed by atoms with Gasteiger partial charge in [-0.15, -0.1) is 0 Å². The van der Waals surface area contributed by atoms with E-state index in [1.807, 2.05) is 24.3 Å². The van der Waals surface area contributed by atoms with E-state index >= 15 is 0 Å². The van der Waals surface area contributed by atoms with Gasteiger partial charge in [0, 0.05) is 24.6 Å². The van der Waals surface area contributed by atoms with E-state index in [4.69, 9.17) is 9.47 Å². The van der Waals surface area contributed by atoms with Crippen LogP contribution in [0.25, 0.3) is 0 Å². The van der Waals surface area contributed by atoms with Crippen molar-refractivity contribution >= 4 is 5.78 Å². The zero-order valence-electron chi connectivity index (χ0n) is 20.3. The van der Waals surface area contributed by atoms with Gasteiger partial charge < -0.3 is 24.8 Å². The van der Waals surface area contributed by atoms with Crippen LogP contribution in [0.3, 0.4) is 0 Å². The van der Waals surface area contributed by atoms with Crippen molar-refractivity contribution in [3.05, 3.63) is 59.2 Å². The van der Waals surface area contributed by atoms with E-state index in [0.29, 0.717) is 36.5 Å². The lowest BCUT2D eigenvalue weighted by atomic mass is 9.48. The summed E-state index contributed by atoms with van der Waals surface area (Å²) in [5.74, 6) is 1.26. The number of nitrogens with zero attached hydrogens (tertiary/aromatic N) is 1. The highest BCUT2D eigenvalue weighted by atomic mass is 16.5. The molecule has 3 aliphatic carbocycles. The van der Waals surface area contributed by atoms with Gasteiger partial charge in [-0.25, -0.2) is 0 Å². The quantitative estimate of drug-likeness (QED) is 0.548. The number of aliphatic hydroxyl groups is 2. The molecule has 1 spiro atoms. The monoisotopic (exact) mass is 491 g/mol. The first kappa shape index (κ1) is 22.7. The zero-order valence-corrected chi connectivity index (χ0v) is 20.3. The number of Topliss-reactive ketones (excluding diaryl/α,β-unsaturated/α-hetero) is 1. The van der Waals surface area contributed by atoms with Gasteiger partial charge >= 0.3 is 0 Å². The van der Waals surface area contributed by atoms with E-state index in [2.05, 4.69) is 4.90 Å². The minimum atomic E-state index is -1.11. The third-order valence-corrected chi connectivity index (χ3v) is 9.54. The van der Waals surface area contributed by atoms with Crippen molar-refractivity contribution in [2.75, 3.05) is 19.7 Å². The van der Waals surface area contributed by atoms with Crippen LogP contribution >= 0.6 is 0 Å². The summed E-state index contributed by atoms with van der Waals surface area (Å²) in [4.78, 5) is 15.9. The first-order valence-electron chi connectivity index (χ1n) is 13.3. The van der Waals surface area contributed by atoms with Crippen LogP contribution in [-0.2, 0) is 21.4 Å². The third-order valence-electron chi connectivity index (χ3n) is 9.54. The molecule has 0 amide bonds. The summed E-state index contributed by atoms with van der Waals surface area (Å²) in [5, 5.41) is 32.6. The van der Waals surface area contributed by atoms with Crippen molar-refractivity contribution in [2.24, 2.45) is 5.92 Å². The summed E-state index contributed by atoms with van der Waals surface area (Å²) in [5.41, 5.74) is 1.24. The van der Waals surface area contributed by atoms with Gasteiger partial charge in [-0.3, -0.25) is 9.69 Å². The maximum atomic E-state index is 13.3. The van der Waals surface area contributed by atoms with Crippen molar-refractivity contribution in [3.8, 4) is 11.5 Å². The van der Waals surface area contributed by atoms with Crippen LogP contribution in [0.2, 0.25) is 0 Å². The molecule has 3 N–H and O–H groups in total. The topological polar surface area (TPSA) is 99.5 Å². The number of phenolic OH excluding ortho intramolecular Hbond substituents is 1. The maximum Gasteiger partial charge on any atom is 0.174 e.